The van der Waals surface area contributed by atoms with E-state index in [1.54, 1.807) is 0 Å². The molecule has 1 aliphatic rings. The molecular formula is C12H17NS. The van der Waals surface area contributed by atoms with E-state index in [9.17, 15) is 0 Å². The maximum atomic E-state index is 3.55. The van der Waals surface area contributed by atoms with Crippen molar-refractivity contribution in [1.82, 2.24) is 0 Å². The van der Waals surface area contributed by atoms with Crippen molar-refractivity contribution in [2.24, 2.45) is 0 Å². The smallest absolute Gasteiger partial charge is 0.0511 e. The summed E-state index contributed by atoms with van der Waals surface area (Å²) in [6, 6.07) is 4.43. The van der Waals surface area contributed by atoms with Crippen LogP contribution in [0.3, 0.4) is 0 Å². The minimum Gasteiger partial charge on any atom is -0.383 e. The number of rotatable bonds is 1. The van der Waals surface area contributed by atoms with Crippen LogP contribution in [0.5, 0.6) is 0 Å². The summed E-state index contributed by atoms with van der Waals surface area (Å²) in [5.74, 6) is 0. The molecule has 0 saturated carbocycles. The number of aryl methyl sites for hydroxylation is 2. The normalized spacial score (nSPS) is 20.1. The Morgan fingerprint density at radius 2 is 2.07 bits per heavy atom. The van der Waals surface area contributed by atoms with E-state index in [1.807, 2.05) is 11.8 Å². The van der Waals surface area contributed by atoms with E-state index in [2.05, 4.69) is 38.2 Å². The van der Waals surface area contributed by atoms with Crippen LogP contribution >= 0.6 is 11.8 Å². The van der Waals surface area contributed by atoms with E-state index in [-0.39, 0.29) is 0 Å². The molecule has 1 unspecified atom stereocenters. The molecule has 0 amide bonds. The lowest BCUT2D eigenvalue weighted by molar-refractivity contribution is 0.839. The lowest BCUT2D eigenvalue weighted by Crippen LogP contribution is -2.21. The molecule has 0 spiro atoms. The van der Waals surface area contributed by atoms with Crippen molar-refractivity contribution >= 4 is 17.4 Å². The Bertz CT molecular complexity index is 346. The van der Waals surface area contributed by atoms with Crippen molar-refractivity contribution in [2.75, 3.05) is 11.9 Å². The zero-order chi connectivity index (χ0) is 10.1. The predicted octanol–water partition coefficient (Wildman–Crippen LogP) is 3.60. The molecule has 0 radical (unpaired) electrons. The van der Waals surface area contributed by atoms with Crippen LogP contribution in [0.2, 0.25) is 0 Å². The molecule has 2 rings (SSSR count). The Labute approximate surface area is 90.3 Å². The molecule has 0 fully saturated rings. The molecule has 1 heterocycles. The second-order valence-corrected chi connectivity index (χ2v) is 5.24. The third-order valence-electron chi connectivity index (χ3n) is 2.81. The largest absolute Gasteiger partial charge is 0.383 e. The molecular weight excluding hydrogens is 190 g/mol. The summed E-state index contributed by atoms with van der Waals surface area (Å²) in [6.07, 6.45) is 1.24. The van der Waals surface area contributed by atoms with Crippen molar-refractivity contribution < 1.29 is 0 Å². The Kier molecular flexibility index (Phi) is 2.73. The number of nitrogens with one attached hydrogen (secondary N) is 1. The van der Waals surface area contributed by atoms with Crippen molar-refractivity contribution in [3.05, 3.63) is 23.3 Å². The van der Waals surface area contributed by atoms with Gasteiger partial charge >= 0.3 is 0 Å². The molecule has 1 aliphatic heterocycles. The monoisotopic (exact) mass is 207 g/mol. The first-order chi connectivity index (χ1) is 6.72. The minimum absolute atomic E-state index is 0.739. The third-order valence-corrected chi connectivity index (χ3v) is 4.40. The van der Waals surface area contributed by atoms with Gasteiger partial charge in [-0.15, -0.1) is 11.8 Å². The highest BCUT2D eigenvalue weighted by Gasteiger charge is 2.19. The number of anilines is 1. The van der Waals surface area contributed by atoms with Crippen LogP contribution in [0.15, 0.2) is 17.0 Å². The number of hydrogen-bond acceptors (Lipinski definition) is 2. The van der Waals surface area contributed by atoms with E-state index in [0.29, 0.717) is 0 Å². The number of fused-ring (bicyclic) bond motifs is 1. The Hall–Kier alpha value is -0.630. The first-order valence-corrected chi connectivity index (χ1v) is 6.11. The van der Waals surface area contributed by atoms with E-state index in [1.165, 1.54) is 28.1 Å². The van der Waals surface area contributed by atoms with Gasteiger partial charge in [0, 0.05) is 16.7 Å². The Morgan fingerprint density at radius 1 is 1.36 bits per heavy atom. The van der Waals surface area contributed by atoms with Crippen molar-refractivity contribution in [3.63, 3.8) is 0 Å². The van der Waals surface area contributed by atoms with Gasteiger partial charge in [0.2, 0.25) is 0 Å². The van der Waals surface area contributed by atoms with Crippen LogP contribution in [0.1, 0.15) is 24.5 Å². The molecule has 0 aliphatic carbocycles. The van der Waals surface area contributed by atoms with E-state index >= 15 is 0 Å². The average Bonchev–Trinajstić information content (AvgIpc) is 2.23. The summed E-state index contributed by atoms with van der Waals surface area (Å²) in [5.41, 5.74) is 4.13. The second kappa shape index (κ2) is 3.85. The molecule has 1 aromatic carbocycles. The summed E-state index contributed by atoms with van der Waals surface area (Å²) < 4.78 is 0. The van der Waals surface area contributed by atoms with Crippen molar-refractivity contribution in [3.8, 4) is 0 Å². The van der Waals surface area contributed by atoms with E-state index < -0.39 is 0 Å². The van der Waals surface area contributed by atoms with Gasteiger partial charge in [-0.1, -0.05) is 19.1 Å². The summed E-state index contributed by atoms with van der Waals surface area (Å²) >= 11 is 2.04. The highest BCUT2D eigenvalue weighted by molar-refractivity contribution is 8.00. The zero-order valence-electron chi connectivity index (χ0n) is 9.05. The van der Waals surface area contributed by atoms with Crippen molar-refractivity contribution in [2.45, 2.75) is 37.3 Å². The number of hydrogen-bond donors (Lipinski definition) is 1. The summed E-state index contributed by atoms with van der Waals surface area (Å²) in [7, 11) is 0. The molecule has 0 aromatic heterocycles. The topological polar surface area (TPSA) is 12.0 Å². The van der Waals surface area contributed by atoms with Crippen LogP contribution in [0.25, 0.3) is 0 Å². The maximum absolute atomic E-state index is 3.55. The van der Waals surface area contributed by atoms with Gasteiger partial charge in [-0.25, -0.2) is 0 Å². The molecule has 1 aromatic rings. The maximum Gasteiger partial charge on any atom is 0.0511 e. The summed E-state index contributed by atoms with van der Waals surface area (Å²) in [6.45, 7) is 7.75. The fraction of sp³-hybridized carbons (Fsp3) is 0.500. The Balaban J connectivity index is 2.40. The SMILES string of the molecule is CCC1CNc2c(C)ccc(C)c2S1. The van der Waals surface area contributed by atoms with Gasteiger partial charge in [-0.05, 0) is 31.4 Å². The molecule has 0 saturated heterocycles. The van der Waals surface area contributed by atoms with Crippen molar-refractivity contribution in [1.29, 1.82) is 0 Å². The first kappa shape index (κ1) is 9.91. The molecule has 1 atom stereocenters. The minimum atomic E-state index is 0.739. The first-order valence-electron chi connectivity index (χ1n) is 5.23. The molecule has 76 valence electrons. The van der Waals surface area contributed by atoms with Gasteiger partial charge in [0.05, 0.1) is 5.69 Å². The van der Waals surface area contributed by atoms with Gasteiger partial charge in [-0.3, -0.25) is 0 Å². The van der Waals surface area contributed by atoms with Gasteiger partial charge in [0.1, 0.15) is 0 Å². The van der Waals surface area contributed by atoms with Crippen LogP contribution in [-0.4, -0.2) is 11.8 Å². The molecule has 0 bridgehead atoms. The van der Waals surface area contributed by atoms with E-state index in [0.717, 1.165) is 11.8 Å². The molecule has 1 nitrogen and oxygen atoms in total. The quantitative estimate of drug-likeness (QED) is 0.755. The zero-order valence-corrected chi connectivity index (χ0v) is 9.87. The third kappa shape index (κ3) is 1.63. The van der Waals surface area contributed by atoms with Crippen LogP contribution in [0.4, 0.5) is 5.69 Å². The summed E-state index contributed by atoms with van der Waals surface area (Å²) in [5, 5.41) is 4.29. The van der Waals surface area contributed by atoms with Gasteiger partial charge in [0.15, 0.2) is 0 Å². The summed E-state index contributed by atoms with van der Waals surface area (Å²) in [4.78, 5) is 1.46. The molecule has 14 heavy (non-hydrogen) atoms. The highest BCUT2D eigenvalue weighted by atomic mass is 32.2. The molecule has 1 N–H and O–H groups in total. The van der Waals surface area contributed by atoms with Gasteiger partial charge in [-0.2, -0.15) is 0 Å². The van der Waals surface area contributed by atoms with Crippen LogP contribution in [-0.2, 0) is 0 Å². The van der Waals surface area contributed by atoms with Crippen LogP contribution < -0.4 is 5.32 Å². The predicted molar refractivity (Wildman–Crippen MR) is 64.3 cm³/mol. The average molecular weight is 207 g/mol. The fourth-order valence-electron chi connectivity index (χ4n) is 1.81. The van der Waals surface area contributed by atoms with Crippen LogP contribution in [0, 0.1) is 13.8 Å². The Morgan fingerprint density at radius 3 is 2.79 bits per heavy atom. The standard InChI is InChI=1S/C12H17NS/c1-4-10-7-13-11-8(2)5-6-9(3)12(11)14-10/h5-6,10,13H,4,7H2,1-3H3. The lowest BCUT2D eigenvalue weighted by atomic mass is 10.1. The number of benzene rings is 1. The second-order valence-electron chi connectivity index (χ2n) is 3.93. The molecule has 2 heteroatoms. The van der Waals surface area contributed by atoms with Gasteiger partial charge in [0.25, 0.3) is 0 Å². The lowest BCUT2D eigenvalue weighted by Gasteiger charge is -2.27. The van der Waals surface area contributed by atoms with E-state index in [4.69, 9.17) is 0 Å². The van der Waals surface area contributed by atoms with Gasteiger partial charge < -0.3 is 5.32 Å². The fourth-order valence-corrected chi connectivity index (χ4v) is 3.08. The number of thioether (sulfide) groups is 1. The highest BCUT2D eigenvalue weighted by Crippen LogP contribution is 2.40.